The van der Waals surface area contributed by atoms with Crippen LogP contribution in [0.3, 0.4) is 0 Å². The molecule has 21 heavy (non-hydrogen) atoms. The first-order valence-electron chi connectivity index (χ1n) is 7.41. The minimum Gasteiger partial charge on any atom is -0.345 e. The van der Waals surface area contributed by atoms with Crippen molar-refractivity contribution in [2.45, 2.75) is 19.9 Å². The van der Waals surface area contributed by atoms with E-state index in [9.17, 15) is 0 Å². The summed E-state index contributed by atoms with van der Waals surface area (Å²) in [5.41, 5.74) is 5.50. The van der Waals surface area contributed by atoms with Gasteiger partial charge in [-0.2, -0.15) is 0 Å². The van der Waals surface area contributed by atoms with Crippen molar-refractivity contribution >= 4 is 23.8 Å². The van der Waals surface area contributed by atoms with Crippen molar-refractivity contribution in [3.8, 4) is 0 Å². The number of halogens is 1. The third kappa shape index (κ3) is 3.39. The van der Waals surface area contributed by atoms with E-state index in [1.165, 1.54) is 35.5 Å². The Hall–Kier alpha value is -1.51. The van der Waals surface area contributed by atoms with Crippen LogP contribution in [0.5, 0.6) is 0 Å². The molecule has 3 rings (SSSR count). The quantitative estimate of drug-likeness (QED) is 0.836. The van der Waals surface area contributed by atoms with Crippen LogP contribution in [0, 0.1) is 0 Å². The van der Waals surface area contributed by atoms with Gasteiger partial charge < -0.3 is 4.90 Å². The van der Waals surface area contributed by atoms with Crippen molar-refractivity contribution in [2.24, 2.45) is 0 Å². The molecule has 112 valence electrons. The van der Waals surface area contributed by atoms with E-state index in [0.717, 1.165) is 13.1 Å². The van der Waals surface area contributed by atoms with Gasteiger partial charge in [0.2, 0.25) is 0 Å². The van der Waals surface area contributed by atoms with Crippen molar-refractivity contribution < 1.29 is 0 Å². The van der Waals surface area contributed by atoms with Crippen LogP contribution in [0.4, 0.5) is 11.4 Å². The Morgan fingerprint density at radius 1 is 1.00 bits per heavy atom. The van der Waals surface area contributed by atoms with Crippen molar-refractivity contribution in [1.82, 2.24) is 4.90 Å². The molecule has 0 unspecified atom stereocenters. The number of hydrogen-bond donors (Lipinski definition) is 0. The zero-order valence-electron chi connectivity index (χ0n) is 12.7. The Balaban J connectivity index is 0.00000161. The van der Waals surface area contributed by atoms with E-state index in [1.807, 2.05) is 0 Å². The zero-order valence-corrected chi connectivity index (χ0v) is 13.6. The number of rotatable bonds is 3. The maximum atomic E-state index is 2.51. The fraction of sp³-hybridized carbons (Fsp3) is 0.333. The predicted molar refractivity (Wildman–Crippen MR) is 92.9 cm³/mol. The second-order valence-electron chi connectivity index (χ2n) is 5.47. The Morgan fingerprint density at radius 3 is 2.48 bits per heavy atom. The molecular formula is C18H23ClN2. The highest BCUT2D eigenvalue weighted by atomic mass is 35.5. The molecule has 0 saturated heterocycles. The third-order valence-corrected chi connectivity index (χ3v) is 4.26. The molecule has 0 bridgehead atoms. The summed E-state index contributed by atoms with van der Waals surface area (Å²) in [6.07, 6.45) is 1.18. The largest absolute Gasteiger partial charge is 0.345 e. The number of para-hydroxylation sites is 1. The van der Waals surface area contributed by atoms with Crippen molar-refractivity contribution in [3.63, 3.8) is 0 Å². The molecule has 0 radical (unpaired) electrons. The fourth-order valence-electron chi connectivity index (χ4n) is 2.88. The maximum Gasteiger partial charge on any atom is 0.0411 e. The summed E-state index contributed by atoms with van der Waals surface area (Å²) in [7, 11) is 2.14. The third-order valence-electron chi connectivity index (χ3n) is 4.26. The number of likely N-dealkylation sites (N-methyl/N-ethyl adjacent to an activating group) is 1. The maximum absolute atomic E-state index is 2.51. The highest BCUT2D eigenvalue weighted by Gasteiger charge is 2.16. The molecule has 0 aliphatic carbocycles. The van der Waals surface area contributed by atoms with Gasteiger partial charge in [0.25, 0.3) is 0 Å². The van der Waals surface area contributed by atoms with E-state index in [4.69, 9.17) is 0 Å². The topological polar surface area (TPSA) is 6.48 Å². The lowest BCUT2D eigenvalue weighted by Crippen LogP contribution is -2.30. The minimum atomic E-state index is 0. The van der Waals surface area contributed by atoms with Gasteiger partial charge in [-0.25, -0.2) is 0 Å². The van der Waals surface area contributed by atoms with Crippen molar-refractivity contribution in [2.75, 3.05) is 25.0 Å². The van der Waals surface area contributed by atoms with Crippen LogP contribution >= 0.6 is 12.4 Å². The number of fused-ring (bicyclic) bond motifs is 1. The molecule has 0 atom stereocenters. The molecule has 0 saturated carbocycles. The minimum absolute atomic E-state index is 0. The molecule has 0 aromatic heterocycles. The Labute approximate surface area is 133 Å². The van der Waals surface area contributed by atoms with E-state index in [0.29, 0.717) is 0 Å². The Morgan fingerprint density at radius 2 is 1.76 bits per heavy atom. The second-order valence-corrected chi connectivity index (χ2v) is 5.47. The van der Waals surface area contributed by atoms with Crippen LogP contribution in [0.15, 0.2) is 48.5 Å². The number of benzene rings is 2. The molecule has 0 amide bonds. The number of anilines is 2. The lowest BCUT2D eigenvalue weighted by molar-refractivity contribution is 0.268. The van der Waals surface area contributed by atoms with Crippen molar-refractivity contribution in [3.05, 3.63) is 59.7 Å². The van der Waals surface area contributed by atoms with E-state index in [-0.39, 0.29) is 12.4 Å². The molecule has 1 aliphatic heterocycles. The fourth-order valence-corrected chi connectivity index (χ4v) is 2.88. The zero-order chi connectivity index (χ0) is 13.9. The van der Waals surface area contributed by atoms with E-state index < -0.39 is 0 Å². The summed E-state index contributed by atoms with van der Waals surface area (Å²) in [5, 5.41) is 0. The molecule has 2 aromatic rings. The Kier molecular flexibility index (Phi) is 5.27. The molecule has 0 fully saturated rings. The SMILES string of the molecule is CCN1CCc2ccc(N(C)c3ccccc3)cc2C1.Cl. The summed E-state index contributed by atoms with van der Waals surface area (Å²) < 4.78 is 0. The normalized spacial score (nSPS) is 14.2. The number of hydrogen-bond acceptors (Lipinski definition) is 2. The molecule has 1 heterocycles. The first-order valence-corrected chi connectivity index (χ1v) is 7.41. The van der Waals surface area contributed by atoms with Gasteiger partial charge in [-0.15, -0.1) is 12.4 Å². The highest BCUT2D eigenvalue weighted by Crippen LogP contribution is 2.28. The molecule has 2 nitrogen and oxygen atoms in total. The smallest absolute Gasteiger partial charge is 0.0411 e. The summed E-state index contributed by atoms with van der Waals surface area (Å²) in [5.74, 6) is 0. The van der Waals surface area contributed by atoms with Gasteiger partial charge in [-0.1, -0.05) is 31.2 Å². The van der Waals surface area contributed by atoms with Gasteiger partial charge in [0.05, 0.1) is 0 Å². The van der Waals surface area contributed by atoms with Gasteiger partial charge >= 0.3 is 0 Å². The van der Waals surface area contributed by atoms with Crippen molar-refractivity contribution in [1.29, 1.82) is 0 Å². The molecular weight excluding hydrogens is 280 g/mol. The van der Waals surface area contributed by atoms with Gasteiger partial charge in [0.1, 0.15) is 0 Å². The van der Waals surface area contributed by atoms with Gasteiger partial charge in [-0.05, 0) is 48.4 Å². The highest BCUT2D eigenvalue weighted by molar-refractivity contribution is 5.85. The second kappa shape index (κ2) is 6.97. The van der Waals surface area contributed by atoms with Crippen LogP contribution < -0.4 is 4.90 Å². The van der Waals surface area contributed by atoms with Gasteiger partial charge in [0, 0.05) is 31.5 Å². The molecule has 0 spiro atoms. The summed E-state index contributed by atoms with van der Waals surface area (Å²) in [6, 6.07) is 17.4. The van der Waals surface area contributed by atoms with Crippen LogP contribution in [-0.2, 0) is 13.0 Å². The molecule has 1 aliphatic rings. The number of nitrogens with zero attached hydrogens (tertiary/aromatic N) is 2. The lowest BCUT2D eigenvalue weighted by Gasteiger charge is -2.29. The lowest BCUT2D eigenvalue weighted by atomic mass is 9.99. The molecule has 0 N–H and O–H groups in total. The predicted octanol–water partition coefficient (Wildman–Crippen LogP) is 4.25. The van der Waals surface area contributed by atoms with E-state index in [1.54, 1.807) is 0 Å². The first kappa shape index (κ1) is 15.9. The summed E-state index contributed by atoms with van der Waals surface area (Å²) in [4.78, 5) is 4.76. The monoisotopic (exact) mass is 302 g/mol. The van der Waals surface area contributed by atoms with E-state index in [2.05, 4.69) is 72.3 Å². The summed E-state index contributed by atoms with van der Waals surface area (Å²) >= 11 is 0. The first-order chi connectivity index (χ1) is 9.78. The molecule has 2 aromatic carbocycles. The average Bonchev–Trinajstić information content (AvgIpc) is 2.54. The van der Waals surface area contributed by atoms with Crippen LogP contribution in [0.1, 0.15) is 18.1 Å². The van der Waals surface area contributed by atoms with Crippen LogP contribution in [0.25, 0.3) is 0 Å². The molecule has 3 heteroatoms. The van der Waals surface area contributed by atoms with Crippen LogP contribution in [0.2, 0.25) is 0 Å². The Bertz CT molecular complexity index is 583. The van der Waals surface area contributed by atoms with Gasteiger partial charge in [0.15, 0.2) is 0 Å². The average molecular weight is 303 g/mol. The standard InChI is InChI=1S/C18H22N2.ClH/c1-3-20-12-11-15-9-10-18(13-16(15)14-20)19(2)17-7-5-4-6-8-17;/h4-10,13H,3,11-12,14H2,1-2H3;1H. The summed E-state index contributed by atoms with van der Waals surface area (Å²) in [6.45, 7) is 5.66. The van der Waals surface area contributed by atoms with Crippen LogP contribution in [-0.4, -0.2) is 25.0 Å². The van der Waals surface area contributed by atoms with Gasteiger partial charge in [-0.3, -0.25) is 4.90 Å². The van der Waals surface area contributed by atoms with E-state index >= 15 is 0 Å².